The average molecular weight is 356 g/mol. The molecule has 0 aliphatic rings. The normalized spacial score (nSPS) is 10.8. The molecule has 0 fully saturated rings. The van der Waals surface area contributed by atoms with Crippen LogP contribution in [0.4, 0.5) is 4.39 Å². The summed E-state index contributed by atoms with van der Waals surface area (Å²) >= 11 is 8.91. The number of carbonyl (C=O) groups excluding carboxylic acids is 1. The van der Waals surface area contributed by atoms with Crippen molar-refractivity contribution in [2.45, 2.75) is 0 Å². The van der Waals surface area contributed by atoms with Crippen LogP contribution in [0.2, 0.25) is 5.02 Å². The van der Waals surface area contributed by atoms with Crippen LogP contribution in [-0.2, 0) is 0 Å². The van der Waals surface area contributed by atoms with Gasteiger partial charge in [-0.05, 0) is 36.4 Å². The number of benzene rings is 2. The summed E-state index contributed by atoms with van der Waals surface area (Å²) in [5, 5.41) is -0.0323. The van der Waals surface area contributed by atoms with Crippen LogP contribution < -0.4 is 4.74 Å². The van der Waals surface area contributed by atoms with Gasteiger partial charge in [0.1, 0.15) is 11.6 Å². The number of ketones is 1. The van der Waals surface area contributed by atoms with Gasteiger partial charge >= 0.3 is 0 Å². The van der Waals surface area contributed by atoms with Crippen LogP contribution in [0.1, 0.15) is 10.4 Å². The molecule has 0 aliphatic carbocycles. The van der Waals surface area contributed by atoms with E-state index in [0.29, 0.717) is 11.3 Å². The first kappa shape index (κ1) is 14.8. The zero-order valence-corrected chi connectivity index (χ0v) is 12.5. The monoisotopic (exact) mass is 354 g/mol. The topological polar surface area (TPSA) is 26.3 Å². The molecule has 102 valence electrons. The van der Waals surface area contributed by atoms with Crippen LogP contribution in [0.3, 0.4) is 0 Å². The second-order valence-corrected chi connectivity index (χ2v) is 5.19. The SMILES string of the molecule is O=C(/C=C/Oc1ccc(F)c(Cl)c1)c1ccc(Br)cc1. The van der Waals surface area contributed by atoms with Crippen molar-refractivity contribution < 1.29 is 13.9 Å². The largest absolute Gasteiger partial charge is 0.465 e. The zero-order chi connectivity index (χ0) is 14.5. The summed E-state index contributed by atoms with van der Waals surface area (Å²) in [4.78, 5) is 11.8. The summed E-state index contributed by atoms with van der Waals surface area (Å²) < 4.78 is 19.0. The lowest BCUT2D eigenvalue weighted by atomic mass is 10.1. The number of ether oxygens (including phenoxy) is 1. The fourth-order valence-corrected chi connectivity index (χ4v) is 1.87. The molecule has 2 aromatic carbocycles. The molecule has 0 aromatic heterocycles. The molecule has 20 heavy (non-hydrogen) atoms. The van der Waals surface area contributed by atoms with E-state index < -0.39 is 5.82 Å². The summed E-state index contributed by atoms with van der Waals surface area (Å²) in [5.74, 6) is -0.351. The van der Waals surface area contributed by atoms with Crippen LogP contribution in [0.5, 0.6) is 5.75 Å². The Kier molecular flexibility index (Phi) is 4.93. The van der Waals surface area contributed by atoms with Gasteiger partial charge in [-0.3, -0.25) is 4.79 Å². The first-order valence-electron chi connectivity index (χ1n) is 5.64. The Balaban J connectivity index is 2.00. The van der Waals surface area contributed by atoms with Crippen molar-refractivity contribution >= 4 is 33.3 Å². The van der Waals surface area contributed by atoms with Gasteiger partial charge in [-0.2, -0.15) is 0 Å². The van der Waals surface area contributed by atoms with Crippen LogP contribution in [-0.4, -0.2) is 5.78 Å². The van der Waals surface area contributed by atoms with Crippen LogP contribution >= 0.6 is 27.5 Å². The highest BCUT2D eigenvalue weighted by molar-refractivity contribution is 9.10. The fourth-order valence-electron chi connectivity index (χ4n) is 1.43. The molecule has 0 unspecified atom stereocenters. The molecule has 0 radical (unpaired) electrons. The predicted molar refractivity (Wildman–Crippen MR) is 79.7 cm³/mol. The van der Waals surface area contributed by atoms with Crippen molar-refractivity contribution in [2.75, 3.05) is 0 Å². The molecule has 5 heteroatoms. The third-order valence-electron chi connectivity index (χ3n) is 2.44. The molecule has 0 bridgehead atoms. The highest BCUT2D eigenvalue weighted by Gasteiger charge is 2.02. The summed E-state index contributed by atoms with van der Waals surface area (Å²) in [6.07, 6.45) is 2.54. The highest BCUT2D eigenvalue weighted by Crippen LogP contribution is 2.21. The Morgan fingerprint density at radius 3 is 2.55 bits per heavy atom. The minimum atomic E-state index is -0.520. The van der Waals surface area contributed by atoms with Crippen molar-refractivity contribution in [2.24, 2.45) is 0 Å². The van der Waals surface area contributed by atoms with E-state index in [1.165, 1.54) is 30.5 Å². The van der Waals surface area contributed by atoms with Gasteiger partial charge in [0.05, 0.1) is 11.3 Å². The van der Waals surface area contributed by atoms with Crippen molar-refractivity contribution in [3.8, 4) is 5.75 Å². The third-order valence-corrected chi connectivity index (χ3v) is 3.26. The minimum Gasteiger partial charge on any atom is -0.465 e. The minimum absolute atomic E-state index is 0.0323. The molecule has 0 saturated heterocycles. The molecule has 0 spiro atoms. The number of hydrogen-bond donors (Lipinski definition) is 0. The van der Waals surface area contributed by atoms with Crippen LogP contribution in [0.25, 0.3) is 0 Å². The van der Waals surface area contributed by atoms with E-state index in [1.807, 2.05) is 0 Å². The molecule has 0 heterocycles. The quantitative estimate of drug-likeness (QED) is 0.437. The first-order chi connectivity index (χ1) is 9.56. The first-order valence-corrected chi connectivity index (χ1v) is 6.81. The third kappa shape index (κ3) is 3.92. The lowest BCUT2D eigenvalue weighted by Crippen LogP contribution is -1.94. The van der Waals surface area contributed by atoms with Gasteiger partial charge in [-0.1, -0.05) is 27.5 Å². The molecule has 0 aliphatic heterocycles. The average Bonchev–Trinajstić information content (AvgIpc) is 2.43. The van der Waals surface area contributed by atoms with Gasteiger partial charge in [0.2, 0.25) is 0 Å². The smallest absolute Gasteiger partial charge is 0.188 e. The predicted octanol–water partition coefficient (Wildman–Crippen LogP) is 5.02. The van der Waals surface area contributed by atoms with Gasteiger partial charge in [0.25, 0.3) is 0 Å². The molecular weight excluding hydrogens is 347 g/mol. The van der Waals surface area contributed by atoms with Gasteiger partial charge in [-0.25, -0.2) is 4.39 Å². The van der Waals surface area contributed by atoms with Crippen molar-refractivity contribution in [1.29, 1.82) is 0 Å². The number of carbonyl (C=O) groups is 1. The zero-order valence-electron chi connectivity index (χ0n) is 10.1. The second kappa shape index (κ2) is 6.68. The van der Waals surface area contributed by atoms with Crippen molar-refractivity contribution in [1.82, 2.24) is 0 Å². The van der Waals surface area contributed by atoms with Gasteiger partial charge in [0.15, 0.2) is 5.78 Å². The van der Waals surface area contributed by atoms with Gasteiger partial charge in [-0.15, -0.1) is 0 Å². The molecule has 0 saturated carbocycles. The second-order valence-electron chi connectivity index (χ2n) is 3.87. The Morgan fingerprint density at radius 2 is 1.90 bits per heavy atom. The Morgan fingerprint density at radius 1 is 1.20 bits per heavy atom. The van der Waals surface area contributed by atoms with E-state index in [2.05, 4.69) is 15.9 Å². The molecule has 0 atom stereocenters. The Hall–Kier alpha value is -1.65. The molecule has 2 aromatic rings. The number of halogens is 3. The molecule has 2 nitrogen and oxygen atoms in total. The number of hydrogen-bond acceptors (Lipinski definition) is 2. The van der Waals surface area contributed by atoms with Gasteiger partial charge < -0.3 is 4.74 Å². The maximum atomic E-state index is 12.9. The standard InChI is InChI=1S/C15H9BrClFO2/c16-11-3-1-10(2-4-11)15(19)7-8-20-12-5-6-14(18)13(17)9-12/h1-9H/b8-7+. The van der Waals surface area contributed by atoms with Crippen molar-refractivity contribution in [3.63, 3.8) is 0 Å². The fraction of sp³-hybridized carbons (Fsp3) is 0. The summed E-state index contributed by atoms with van der Waals surface area (Å²) in [6.45, 7) is 0. The lowest BCUT2D eigenvalue weighted by molar-refractivity contribution is 0.104. The lowest BCUT2D eigenvalue weighted by Gasteiger charge is -2.01. The molecule has 0 amide bonds. The van der Waals surface area contributed by atoms with E-state index in [4.69, 9.17) is 16.3 Å². The van der Waals surface area contributed by atoms with E-state index in [1.54, 1.807) is 24.3 Å². The maximum Gasteiger partial charge on any atom is 0.188 e. The van der Waals surface area contributed by atoms with E-state index in [-0.39, 0.29) is 10.8 Å². The summed E-state index contributed by atoms with van der Waals surface area (Å²) in [6, 6.07) is 10.9. The van der Waals surface area contributed by atoms with Gasteiger partial charge in [0, 0.05) is 22.2 Å². The van der Waals surface area contributed by atoms with E-state index >= 15 is 0 Å². The van der Waals surface area contributed by atoms with E-state index in [9.17, 15) is 9.18 Å². The van der Waals surface area contributed by atoms with E-state index in [0.717, 1.165) is 4.47 Å². The van der Waals surface area contributed by atoms with Crippen LogP contribution in [0, 0.1) is 5.82 Å². The Labute approximate surface area is 129 Å². The van der Waals surface area contributed by atoms with Crippen LogP contribution in [0.15, 0.2) is 59.3 Å². The molecular formula is C15H9BrClFO2. The number of allylic oxidation sites excluding steroid dienone is 1. The maximum absolute atomic E-state index is 12.9. The summed E-state index contributed by atoms with van der Waals surface area (Å²) in [7, 11) is 0. The summed E-state index contributed by atoms with van der Waals surface area (Å²) in [5.41, 5.74) is 0.546. The van der Waals surface area contributed by atoms with Crippen molar-refractivity contribution in [3.05, 3.63) is 75.7 Å². The highest BCUT2D eigenvalue weighted by atomic mass is 79.9. The Bertz CT molecular complexity index is 653. The number of rotatable bonds is 4. The molecule has 0 N–H and O–H groups in total. The molecule has 2 rings (SSSR count).